The van der Waals surface area contributed by atoms with Gasteiger partial charge in [0.05, 0.1) is 26.0 Å². The van der Waals surface area contributed by atoms with Gasteiger partial charge in [0, 0.05) is 12.1 Å². The molecule has 1 atom stereocenters. The van der Waals surface area contributed by atoms with Crippen molar-refractivity contribution in [2.75, 3.05) is 14.2 Å². The molecule has 1 aromatic carbocycles. The van der Waals surface area contributed by atoms with Crippen molar-refractivity contribution in [3.63, 3.8) is 0 Å². The molecule has 0 saturated carbocycles. The second-order valence-electron chi connectivity index (χ2n) is 6.38. The molecule has 12 heteroatoms. The minimum absolute atomic E-state index is 0.00769. The monoisotopic (exact) mass is 443 g/mol. The molecule has 3 rings (SSSR count). The fourth-order valence-corrected chi connectivity index (χ4v) is 2.54. The molecule has 0 fully saturated rings. The number of ether oxygens (including phenoxy) is 2. The summed E-state index contributed by atoms with van der Waals surface area (Å²) in [6.45, 7) is 1.90. The third-order valence-corrected chi connectivity index (χ3v) is 4.21. The third kappa shape index (κ3) is 5.23. The van der Waals surface area contributed by atoms with Gasteiger partial charge in [-0.2, -0.15) is 5.10 Å². The summed E-state index contributed by atoms with van der Waals surface area (Å²) in [7, 11) is 2.50. The first-order valence-electron chi connectivity index (χ1n) is 9.04. The first-order valence-corrected chi connectivity index (χ1v) is 9.04. The van der Waals surface area contributed by atoms with Gasteiger partial charge < -0.3 is 26.0 Å². The van der Waals surface area contributed by atoms with E-state index in [4.69, 9.17) is 16.6 Å². The molecule has 0 spiro atoms. The van der Waals surface area contributed by atoms with Crippen molar-refractivity contribution in [1.82, 2.24) is 14.6 Å². The number of carboxylic acid groups (broad SMARTS) is 1. The van der Waals surface area contributed by atoms with E-state index in [9.17, 15) is 19.2 Å². The molecule has 5 N–H and O–H groups in total. The van der Waals surface area contributed by atoms with Crippen molar-refractivity contribution in [1.29, 1.82) is 0 Å². The number of esters is 2. The summed E-state index contributed by atoms with van der Waals surface area (Å²) in [6.07, 6.45) is 1.10. The van der Waals surface area contributed by atoms with Crippen molar-refractivity contribution in [2.24, 2.45) is 11.5 Å². The summed E-state index contributed by atoms with van der Waals surface area (Å²) in [5.74, 6) is -3.32. The van der Waals surface area contributed by atoms with E-state index in [1.165, 1.54) is 7.11 Å². The van der Waals surface area contributed by atoms with Crippen LogP contribution < -0.4 is 11.5 Å². The lowest BCUT2D eigenvalue weighted by Crippen LogP contribution is -2.16. The first kappa shape index (κ1) is 24.0. The second kappa shape index (κ2) is 10.1. The minimum atomic E-state index is -1.36. The molecular formula is C20H21N5O7. The van der Waals surface area contributed by atoms with Gasteiger partial charge in [-0.1, -0.05) is 12.1 Å². The summed E-state index contributed by atoms with van der Waals surface area (Å²) in [5, 5.41) is 12.7. The molecular weight excluding hydrogens is 422 g/mol. The fourth-order valence-electron chi connectivity index (χ4n) is 2.54. The highest BCUT2D eigenvalue weighted by Crippen LogP contribution is 2.13. The number of carboxylic acids is 1. The molecule has 2 aromatic heterocycles. The molecule has 1 amide bonds. The van der Waals surface area contributed by atoms with Crippen LogP contribution in [0.25, 0.3) is 5.65 Å². The maximum absolute atomic E-state index is 11.6. The zero-order valence-electron chi connectivity index (χ0n) is 17.4. The van der Waals surface area contributed by atoms with Crippen molar-refractivity contribution in [3.8, 4) is 0 Å². The van der Waals surface area contributed by atoms with Crippen LogP contribution in [0.5, 0.6) is 0 Å². The Morgan fingerprint density at radius 3 is 2.12 bits per heavy atom. The maximum atomic E-state index is 11.6. The highest BCUT2D eigenvalue weighted by Gasteiger charge is 2.21. The largest absolute Gasteiger partial charge is 0.477 e. The Labute approximate surface area is 181 Å². The molecule has 0 aliphatic carbocycles. The van der Waals surface area contributed by atoms with Gasteiger partial charge in [-0.3, -0.25) is 4.79 Å². The lowest BCUT2D eigenvalue weighted by molar-refractivity contribution is 0.0585. The van der Waals surface area contributed by atoms with E-state index in [0.717, 1.165) is 29.5 Å². The summed E-state index contributed by atoms with van der Waals surface area (Å²) < 4.78 is 10.1. The van der Waals surface area contributed by atoms with E-state index in [0.29, 0.717) is 5.56 Å². The van der Waals surface area contributed by atoms with Crippen LogP contribution in [-0.4, -0.2) is 57.7 Å². The molecule has 0 aliphatic rings. The number of hydrogen-bond acceptors (Lipinski definition) is 9. The summed E-state index contributed by atoms with van der Waals surface area (Å²) in [6, 6.07) is 8.08. The SMILES string of the molecule is COC(=O)c1cc(C(=O)O)nc2c(C(N)=O)cnn12.COC(=O)c1ccc([C@H](C)N)cc1. The number of aromatic carboxylic acids is 1. The Morgan fingerprint density at radius 1 is 1.06 bits per heavy atom. The number of aromatic nitrogens is 3. The number of rotatable bonds is 5. The fraction of sp³-hybridized carbons (Fsp3) is 0.200. The van der Waals surface area contributed by atoms with Crippen molar-refractivity contribution < 1.29 is 33.8 Å². The van der Waals surface area contributed by atoms with Crippen LogP contribution >= 0.6 is 0 Å². The van der Waals surface area contributed by atoms with Crippen LogP contribution in [0.4, 0.5) is 0 Å². The number of hydrogen-bond donors (Lipinski definition) is 3. The lowest BCUT2D eigenvalue weighted by Gasteiger charge is -2.05. The number of carbonyl (C=O) groups excluding carboxylic acids is 3. The van der Waals surface area contributed by atoms with Gasteiger partial charge in [0.2, 0.25) is 0 Å². The molecule has 168 valence electrons. The molecule has 12 nitrogen and oxygen atoms in total. The van der Waals surface area contributed by atoms with Gasteiger partial charge in [-0.05, 0) is 24.6 Å². The van der Waals surface area contributed by atoms with Gasteiger partial charge in [0.15, 0.2) is 17.0 Å². The van der Waals surface area contributed by atoms with Crippen LogP contribution in [-0.2, 0) is 9.47 Å². The standard InChI is InChI=1S/C10H8N4O5.C10H13NO2/c1-19-10(18)6-2-5(9(16)17)13-8-4(7(11)15)3-12-14(6)8;1-7(11)8-3-5-9(6-4-8)10(12)13-2/h2-3H,1H3,(H2,11,15)(H,16,17);3-7H,11H2,1-2H3/t;7-/m.0/s1. The highest BCUT2D eigenvalue weighted by atomic mass is 16.5. The lowest BCUT2D eigenvalue weighted by atomic mass is 10.1. The number of carbonyl (C=O) groups is 4. The van der Waals surface area contributed by atoms with Gasteiger partial charge in [0.1, 0.15) is 5.56 Å². The Hall–Kier alpha value is -4.32. The predicted molar refractivity (Wildman–Crippen MR) is 110 cm³/mol. The predicted octanol–water partition coefficient (Wildman–Crippen LogP) is 0.806. The number of methoxy groups -OCH3 is 2. The zero-order chi connectivity index (χ0) is 24.0. The second-order valence-corrected chi connectivity index (χ2v) is 6.38. The molecule has 3 aromatic rings. The number of benzene rings is 1. The van der Waals surface area contributed by atoms with Gasteiger partial charge >= 0.3 is 17.9 Å². The Kier molecular flexibility index (Phi) is 7.58. The van der Waals surface area contributed by atoms with Gasteiger partial charge in [-0.15, -0.1) is 0 Å². The first-order chi connectivity index (χ1) is 15.1. The van der Waals surface area contributed by atoms with Crippen LogP contribution in [0.15, 0.2) is 36.5 Å². The highest BCUT2D eigenvalue weighted by molar-refractivity contribution is 6.00. The average molecular weight is 443 g/mol. The minimum Gasteiger partial charge on any atom is -0.477 e. The number of amides is 1. The van der Waals surface area contributed by atoms with E-state index >= 15 is 0 Å². The average Bonchev–Trinajstić information content (AvgIpc) is 3.22. The van der Waals surface area contributed by atoms with E-state index in [1.54, 1.807) is 12.1 Å². The number of nitrogens with two attached hydrogens (primary N) is 2. The van der Waals surface area contributed by atoms with E-state index in [1.807, 2.05) is 19.1 Å². The summed E-state index contributed by atoms with van der Waals surface area (Å²) in [4.78, 5) is 48.5. The topological polar surface area (TPSA) is 189 Å². The van der Waals surface area contributed by atoms with Crippen LogP contribution in [0.1, 0.15) is 60.2 Å². The van der Waals surface area contributed by atoms with Gasteiger partial charge in [-0.25, -0.2) is 23.9 Å². The molecule has 0 radical (unpaired) electrons. The molecule has 2 heterocycles. The van der Waals surface area contributed by atoms with Crippen LogP contribution in [0.2, 0.25) is 0 Å². The Balaban J connectivity index is 0.000000244. The Bertz CT molecular complexity index is 1170. The van der Waals surface area contributed by atoms with Crippen molar-refractivity contribution in [2.45, 2.75) is 13.0 Å². The summed E-state index contributed by atoms with van der Waals surface area (Å²) >= 11 is 0. The van der Waals surface area contributed by atoms with E-state index < -0.39 is 23.5 Å². The van der Waals surface area contributed by atoms with E-state index in [-0.39, 0.29) is 28.9 Å². The molecule has 0 aliphatic heterocycles. The molecule has 0 unspecified atom stereocenters. The molecule has 0 saturated heterocycles. The number of primary amides is 1. The van der Waals surface area contributed by atoms with Gasteiger partial charge in [0.25, 0.3) is 5.91 Å². The Morgan fingerprint density at radius 2 is 1.66 bits per heavy atom. The normalized spacial score (nSPS) is 11.1. The third-order valence-electron chi connectivity index (χ3n) is 4.21. The van der Waals surface area contributed by atoms with Crippen LogP contribution in [0.3, 0.4) is 0 Å². The van der Waals surface area contributed by atoms with E-state index in [2.05, 4.69) is 19.6 Å². The zero-order valence-corrected chi connectivity index (χ0v) is 17.4. The maximum Gasteiger partial charge on any atom is 0.356 e. The van der Waals surface area contributed by atoms with Crippen molar-refractivity contribution >= 4 is 29.5 Å². The quantitative estimate of drug-likeness (QED) is 0.476. The molecule has 0 bridgehead atoms. The smallest absolute Gasteiger partial charge is 0.356 e. The number of nitrogens with zero attached hydrogens (tertiary/aromatic N) is 3. The summed E-state index contributed by atoms with van der Waals surface area (Å²) in [5.41, 5.74) is 11.5. The molecule has 32 heavy (non-hydrogen) atoms. The number of fused-ring (bicyclic) bond motifs is 1. The van der Waals surface area contributed by atoms with Crippen molar-refractivity contribution in [3.05, 3.63) is 64.6 Å². The van der Waals surface area contributed by atoms with Crippen LogP contribution in [0, 0.1) is 0 Å².